The van der Waals surface area contributed by atoms with Crippen molar-refractivity contribution in [3.8, 4) is 0 Å². The van der Waals surface area contributed by atoms with Crippen LogP contribution < -0.4 is 16.1 Å². The van der Waals surface area contributed by atoms with Crippen molar-refractivity contribution in [2.45, 2.75) is 18.9 Å². The van der Waals surface area contributed by atoms with E-state index in [4.69, 9.17) is 0 Å². The molecule has 1 aliphatic rings. The molecular weight excluding hydrogens is 329 g/mol. The standard InChI is InChI=1S/C17H18FN3O4/c18-13-7-11-15(8-14(13)20-4-3-19-5-6-22)21(10-1-2-10)9-12(16(11)23)17(24)25/h6-10,19-20H,1-5H2,(H,24,25). The summed E-state index contributed by atoms with van der Waals surface area (Å²) in [5, 5.41) is 15.1. The number of aromatic nitrogens is 1. The first-order valence-electron chi connectivity index (χ1n) is 8.03. The smallest absolute Gasteiger partial charge is 0.341 e. The lowest BCUT2D eigenvalue weighted by atomic mass is 10.1. The summed E-state index contributed by atoms with van der Waals surface area (Å²) in [7, 11) is 0. The molecule has 1 aromatic carbocycles. The average Bonchev–Trinajstić information content (AvgIpc) is 3.40. The molecule has 7 nitrogen and oxygen atoms in total. The van der Waals surface area contributed by atoms with Gasteiger partial charge in [-0.05, 0) is 25.0 Å². The van der Waals surface area contributed by atoms with Crippen molar-refractivity contribution in [1.82, 2.24) is 9.88 Å². The molecule has 1 saturated carbocycles. The van der Waals surface area contributed by atoms with E-state index in [-0.39, 0.29) is 29.2 Å². The largest absolute Gasteiger partial charge is 0.477 e. The fourth-order valence-corrected chi connectivity index (χ4v) is 2.76. The Labute approximate surface area is 142 Å². The first kappa shape index (κ1) is 17.1. The Kier molecular flexibility index (Phi) is 4.80. The molecular formula is C17H18FN3O4. The van der Waals surface area contributed by atoms with E-state index in [1.807, 2.05) is 0 Å². The molecule has 0 spiro atoms. The molecule has 0 bridgehead atoms. The third kappa shape index (κ3) is 3.53. The number of carboxylic acids is 1. The van der Waals surface area contributed by atoms with Gasteiger partial charge >= 0.3 is 5.97 Å². The Morgan fingerprint density at radius 1 is 1.36 bits per heavy atom. The summed E-state index contributed by atoms with van der Waals surface area (Å²) < 4.78 is 16.1. The number of nitrogens with zero attached hydrogens (tertiary/aromatic N) is 1. The van der Waals surface area contributed by atoms with Gasteiger partial charge in [0.15, 0.2) is 0 Å². The third-order valence-corrected chi connectivity index (χ3v) is 4.14. The predicted octanol–water partition coefficient (Wildman–Crippen LogP) is 1.37. The van der Waals surface area contributed by atoms with Crippen LogP contribution in [0.2, 0.25) is 0 Å². The molecule has 8 heteroatoms. The van der Waals surface area contributed by atoms with Crippen molar-refractivity contribution < 1.29 is 19.1 Å². The summed E-state index contributed by atoms with van der Waals surface area (Å²) in [5.74, 6) is -1.94. The van der Waals surface area contributed by atoms with Crippen LogP contribution in [0.5, 0.6) is 0 Å². The maximum absolute atomic E-state index is 14.3. The molecule has 0 unspecified atom stereocenters. The number of nitrogens with one attached hydrogen (secondary N) is 2. The maximum atomic E-state index is 14.3. The van der Waals surface area contributed by atoms with Crippen molar-refractivity contribution in [1.29, 1.82) is 0 Å². The zero-order valence-electron chi connectivity index (χ0n) is 13.4. The Balaban J connectivity index is 1.99. The summed E-state index contributed by atoms with van der Waals surface area (Å²) in [6, 6.07) is 2.76. The predicted molar refractivity (Wildman–Crippen MR) is 90.8 cm³/mol. The summed E-state index contributed by atoms with van der Waals surface area (Å²) in [4.78, 5) is 33.9. The van der Waals surface area contributed by atoms with Gasteiger partial charge in [-0.15, -0.1) is 0 Å². The van der Waals surface area contributed by atoms with Crippen molar-refractivity contribution in [3.05, 3.63) is 39.9 Å². The van der Waals surface area contributed by atoms with Crippen LogP contribution in [-0.2, 0) is 4.79 Å². The molecule has 1 aliphatic carbocycles. The highest BCUT2D eigenvalue weighted by atomic mass is 19.1. The average molecular weight is 347 g/mol. The molecule has 2 aromatic rings. The fourth-order valence-electron chi connectivity index (χ4n) is 2.76. The molecule has 0 amide bonds. The molecule has 0 aliphatic heterocycles. The lowest BCUT2D eigenvalue weighted by Crippen LogP contribution is -2.24. The Bertz CT molecular complexity index is 890. The van der Waals surface area contributed by atoms with Crippen LogP contribution in [0, 0.1) is 5.82 Å². The van der Waals surface area contributed by atoms with Crippen LogP contribution in [0.15, 0.2) is 23.1 Å². The van der Waals surface area contributed by atoms with Gasteiger partial charge < -0.3 is 25.1 Å². The minimum absolute atomic E-state index is 0.0638. The lowest BCUT2D eigenvalue weighted by Gasteiger charge is -2.14. The monoisotopic (exact) mass is 347 g/mol. The number of hydrogen-bond donors (Lipinski definition) is 3. The Hall–Kier alpha value is -2.74. The van der Waals surface area contributed by atoms with E-state index in [0.717, 1.165) is 25.2 Å². The zero-order valence-corrected chi connectivity index (χ0v) is 13.4. The van der Waals surface area contributed by atoms with E-state index in [0.29, 0.717) is 18.6 Å². The number of pyridine rings is 1. The van der Waals surface area contributed by atoms with Crippen LogP contribution in [0.1, 0.15) is 29.2 Å². The lowest BCUT2D eigenvalue weighted by molar-refractivity contribution is -0.107. The van der Waals surface area contributed by atoms with Gasteiger partial charge in [-0.2, -0.15) is 0 Å². The highest BCUT2D eigenvalue weighted by molar-refractivity contribution is 5.93. The SMILES string of the molecule is O=CCNCCNc1cc2c(cc1F)c(=O)c(C(=O)O)cn2C1CC1. The van der Waals surface area contributed by atoms with Gasteiger partial charge in [0.1, 0.15) is 17.7 Å². The van der Waals surface area contributed by atoms with Crippen molar-refractivity contribution in [2.24, 2.45) is 0 Å². The number of benzene rings is 1. The van der Waals surface area contributed by atoms with Crippen molar-refractivity contribution >= 4 is 28.8 Å². The number of anilines is 1. The van der Waals surface area contributed by atoms with Crippen LogP contribution in [-0.4, -0.2) is 41.6 Å². The van der Waals surface area contributed by atoms with E-state index in [2.05, 4.69) is 10.6 Å². The van der Waals surface area contributed by atoms with Crippen LogP contribution in [0.25, 0.3) is 10.9 Å². The second-order valence-corrected chi connectivity index (χ2v) is 5.96. The number of aldehydes is 1. The van der Waals surface area contributed by atoms with Gasteiger partial charge in [0.05, 0.1) is 17.7 Å². The topological polar surface area (TPSA) is 100 Å². The molecule has 25 heavy (non-hydrogen) atoms. The van der Waals surface area contributed by atoms with E-state index in [1.165, 1.54) is 12.3 Å². The van der Waals surface area contributed by atoms with Gasteiger partial charge in [0.2, 0.25) is 5.43 Å². The fraction of sp³-hybridized carbons (Fsp3) is 0.353. The second kappa shape index (κ2) is 7.02. The quantitative estimate of drug-likeness (QED) is 0.493. The van der Waals surface area contributed by atoms with Crippen molar-refractivity contribution in [3.63, 3.8) is 0 Å². The molecule has 3 N–H and O–H groups in total. The number of carboxylic acid groups (broad SMARTS) is 1. The third-order valence-electron chi connectivity index (χ3n) is 4.14. The van der Waals surface area contributed by atoms with Gasteiger partial charge in [-0.3, -0.25) is 4.79 Å². The Morgan fingerprint density at radius 3 is 2.76 bits per heavy atom. The van der Waals surface area contributed by atoms with Crippen LogP contribution >= 0.6 is 0 Å². The zero-order chi connectivity index (χ0) is 18.0. The van der Waals surface area contributed by atoms with Gasteiger partial charge in [-0.25, -0.2) is 9.18 Å². The molecule has 0 radical (unpaired) electrons. The van der Waals surface area contributed by atoms with Crippen molar-refractivity contribution in [2.75, 3.05) is 25.0 Å². The molecule has 0 saturated heterocycles. The summed E-state index contributed by atoms with van der Waals surface area (Å²) in [6.45, 7) is 1.10. The molecule has 0 atom stereocenters. The molecule has 132 valence electrons. The second-order valence-electron chi connectivity index (χ2n) is 5.96. The van der Waals surface area contributed by atoms with Gasteiger partial charge in [0, 0.05) is 30.7 Å². The minimum atomic E-state index is -1.31. The summed E-state index contributed by atoms with van der Waals surface area (Å²) in [6.07, 6.45) is 3.88. The number of halogens is 1. The number of rotatable bonds is 8. The molecule has 3 rings (SSSR count). The highest BCUT2D eigenvalue weighted by Crippen LogP contribution is 2.37. The summed E-state index contributed by atoms with van der Waals surface area (Å²) in [5.41, 5.74) is -0.283. The molecule has 1 aromatic heterocycles. The molecule has 1 heterocycles. The number of aromatic carboxylic acids is 1. The normalized spacial score (nSPS) is 13.8. The van der Waals surface area contributed by atoms with Gasteiger partial charge in [0.25, 0.3) is 0 Å². The Morgan fingerprint density at radius 2 is 2.12 bits per heavy atom. The minimum Gasteiger partial charge on any atom is -0.477 e. The van der Waals surface area contributed by atoms with E-state index >= 15 is 0 Å². The van der Waals surface area contributed by atoms with E-state index in [9.17, 15) is 23.9 Å². The number of hydrogen-bond acceptors (Lipinski definition) is 5. The number of carbonyl (C=O) groups is 2. The van der Waals surface area contributed by atoms with E-state index < -0.39 is 17.2 Å². The van der Waals surface area contributed by atoms with E-state index in [1.54, 1.807) is 4.57 Å². The number of fused-ring (bicyclic) bond motifs is 1. The maximum Gasteiger partial charge on any atom is 0.341 e. The summed E-state index contributed by atoms with van der Waals surface area (Å²) >= 11 is 0. The molecule has 1 fully saturated rings. The van der Waals surface area contributed by atoms with Gasteiger partial charge in [-0.1, -0.05) is 0 Å². The first-order valence-corrected chi connectivity index (χ1v) is 8.03. The van der Waals surface area contributed by atoms with Crippen LogP contribution in [0.3, 0.4) is 0 Å². The number of carbonyl (C=O) groups excluding carboxylic acids is 1. The highest BCUT2D eigenvalue weighted by Gasteiger charge is 2.27. The van der Waals surface area contributed by atoms with Crippen LogP contribution in [0.4, 0.5) is 10.1 Å². The first-order chi connectivity index (χ1) is 12.0.